The van der Waals surface area contributed by atoms with Crippen LogP contribution in [0.5, 0.6) is 0 Å². The van der Waals surface area contributed by atoms with Gasteiger partial charge in [0, 0.05) is 38.6 Å². The number of piperazine rings is 1. The Morgan fingerprint density at radius 2 is 1.81 bits per heavy atom. The molecular formula is C15H16ClF3N6O. The average Bonchev–Trinajstić information content (AvgIpc) is 2.91. The number of anilines is 1. The second kappa shape index (κ2) is 7.10. The molecule has 1 aliphatic heterocycles. The largest absolute Gasteiger partial charge is 0.436 e. The van der Waals surface area contributed by atoms with Gasteiger partial charge in [-0.05, 0) is 13.0 Å². The van der Waals surface area contributed by atoms with E-state index in [0.717, 1.165) is 4.68 Å². The van der Waals surface area contributed by atoms with Crippen molar-refractivity contribution in [2.75, 3.05) is 31.1 Å². The Morgan fingerprint density at radius 1 is 1.19 bits per heavy atom. The number of rotatable bonds is 3. The Labute approximate surface area is 152 Å². The Balaban J connectivity index is 1.63. The van der Waals surface area contributed by atoms with Crippen molar-refractivity contribution in [1.29, 1.82) is 0 Å². The summed E-state index contributed by atoms with van der Waals surface area (Å²) < 4.78 is 39.6. The SMILES string of the molecule is Cc1c(Cl)c(C(F)(F)F)nn1CC(=O)N1CCN(c2ncccn2)CC1. The summed E-state index contributed by atoms with van der Waals surface area (Å²) in [5, 5.41) is 2.98. The minimum absolute atomic E-state index is 0.115. The fraction of sp³-hybridized carbons (Fsp3) is 0.467. The lowest BCUT2D eigenvalue weighted by atomic mass is 10.3. The Kier molecular flexibility index (Phi) is 5.03. The molecule has 1 fully saturated rings. The monoisotopic (exact) mass is 388 g/mol. The van der Waals surface area contributed by atoms with Crippen LogP contribution in [0.25, 0.3) is 0 Å². The maximum absolute atomic E-state index is 12.9. The van der Waals surface area contributed by atoms with Crippen molar-refractivity contribution < 1.29 is 18.0 Å². The number of aromatic nitrogens is 4. The second-order valence-electron chi connectivity index (χ2n) is 5.82. The van der Waals surface area contributed by atoms with Crippen molar-refractivity contribution in [1.82, 2.24) is 24.6 Å². The summed E-state index contributed by atoms with van der Waals surface area (Å²) in [7, 11) is 0. The van der Waals surface area contributed by atoms with Crippen LogP contribution in [-0.2, 0) is 17.5 Å². The molecule has 0 unspecified atom stereocenters. The maximum atomic E-state index is 12.9. The molecule has 0 radical (unpaired) electrons. The highest BCUT2D eigenvalue weighted by molar-refractivity contribution is 6.32. The number of amides is 1. The van der Waals surface area contributed by atoms with E-state index in [1.807, 2.05) is 4.90 Å². The van der Waals surface area contributed by atoms with Gasteiger partial charge in [0.2, 0.25) is 11.9 Å². The van der Waals surface area contributed by atoms with Gasteiger partial charge in [0.1, 0.15) is 6.54 Å². The molecule has 1 saturated heterocycles. The van der Waals surface area contributed by atoms with Crippen LogP contribution in [0.3, 0.4) is 0 Å². The highest BCUT2D eigenvalue weighted by atomic mass is 35.5. The smallest absolute Gasteiger partial charge is 0.338 e. The van der Waals surface area contributed by atoms with Gasteiger partial charge in [-0.3, -0.25) is 9.48 Å². The van der Waals surface area contributed by atoms with Crippen molar-refractivity contribution in [2.45, 2.75) is 19.6 Å². The predicted octanol–water partition coefficient (Wildman–Crippen LogP) is 2.00. The minimum Gasteiger partial charge on any atom is -0.338 e. The summed E-state index contributed by atoms with van der Waals surface area (Å²) in [5.41, 5.74) is -1.06. The molecule has 0 saturated carbocycles. The quantitative estimate of drug-likeness (QED) is 0.804. The minimum atomic E-state index is -4.66. The lowest BCUT2D eigenvalue weighted by molar-refractivity contribution is -0.142. The molecular weight excluding hydrogens is 373 g/mol. The molecule has 0 atom stereocenters. The maximum Gasteiger partial charge on any atom is 0.436 e. The Morgan fingerprint density at radius 3 is 2.35 bits per heavy atom. The molecule has 3 heterocycles. The third-order valence-corrected chi connectivity index (χ3v) is 4.61. The van der Waals surface area contributed by atoms with Gasteiger partial charge >= 0.3 is 6.18 Å². The highest BCUT2D eigenvalue weighted by Gasteiger charge is 2.38. The van der Waals surface area contributed by atoms with Crippen LogP contribution in [-0.4, -0.2) is 56.7 Å². The molecule has 3 rings (SSSR count). The molecule has 0 spiro atoms. The van der Waals surface area contributed by atoms with E-state index in [9.17, 15) is 18.0 Å². The second-order valence-corrected chi connectivity index (χ2v) is 6.20. The van der Waals surface area contributed by atoms with Gasteiger partial charge in [-0.2, -0.15) is 18.3 Å². The summed E-state index contributed by atoms with van der Waals surface area (Å²) >= 11 is 5.71. The molecule has 0 aromatic carbocycles. The number of carbonyl (C=O) groups excluding carboxylic acids is 1. The number of alkyl halides is 3. The van der Waals surface area contributed by atoms with E-state index in [4.69, 9.17) is 11.6 Å². The first-order chi connectivity index (χ1) is 12.3. The lowest BCUT2D eigenvalue weighted by Crippen LogP contribution is -2.50. The normalized spacial score (nSPS) is 15.4. The van der Waals surface area contributed by atoms with Crippen LogP contribution in [0.15, 0.2) is 18.5 Å². The molecule has 0 N–H and O–H groups in total. The van der Waals surface area contributed by atoms with E-state index in [1.165, 1.54) is 6.92 Å². The fourth-order valence-corrected chi connectivity index (χ4v) is 2.94. The van der Waals surface area contributed by atoms with E-state index in [2.05, 4.69) is 15.1 Å². The molecule has 1 aliphatic rings. The van der Waals surface area contributed by atoms with E-state index in [-0.39, 0.29) is 18.1 Å². The number of nitrogens with zero attached hydrogens (tertiary/aromatic N) is 6. The summed E-state index contributed by atoms with van der Waals surface area (Å²) in [6, 6.07) is 1.72. The molecule has 11 heteroatoms. The van der Waals surface area contributed by atoms with Gasteiger partial charge in [0.15, 0.2) is 5.69 Å². The molecule has 7 nitrogen and oxygen atoms in total. The number of halogens is 4. The zero-order valence-corrected chi connectivity index (χ0v) is 14.6. The van der Waals surface area contributed by atoms with Crippen molar-refractivity contribution in [3.63, 3.8) is 0 Å². The van der Waals surface area contributed by atoms with Crippen molar-refractivity contribution in [3.8, 4) is 0 Å². The van der Waals surface area contributed by atoms with Gasteiger partial charge in [-0.25, -0.2) is 9.97 Å². The fourth-order valence-electron chi connectivity index (χ4n) is 2.70. The van der Waals surface area contributed by atoms with Gasteiger partial charge in [0.05, 0.1) is 10.7 Å². The van der Waals surface area contributed by atoms with Gasteiger partial charge < -0.3 is 9.80 Å². The molecule has 1 amide bonds. The van der Waals surface area contributed by atoms with Crippen LogP contribution in [0.1, 0.15) is 11.4 Å². The van der Waals surface area contributed by atoms with E-state index < -0.39 is 16.9 Å². The average molecular weight is 389 g/mol. The predicted molar refractivity (Wildman–Crippen MR) is 87.8 cm³/mol. The first-order valence-electron chi connectivity index (χ1n) is 7.87. The summed E-state index contributed by atoms with van der Waals surface area (Å²) in [5.74, 6) is 0.277. The number of hydrogen-bond acceptors (Lipinski definition) is 5. The van der Waals surface area contributed by atoms with Gasteiger partial charge in [-0.15, -0.1) is 0 Å². The van der Waals surface area contributed by atoms with Crippen LogP contribution in [0, 0.1) is 6.92 Å². The third-order valence-electron chi connectivity index (χ3n) is 4.15. The third kappa shape index (κ3) is 3.74. The standard InChI is InChI=1S/C15H16ClF3N6O/c1-10-12(16)13(15(17,18)19)22-25(10)9-11(26)23-5-7-24(8-6-23)14-20-3-2-4-21-14/h2-4H,5-9H2,1H3. The van der Waals surface area contributed by atoms with Crippen LogP contribution >= 0.6 is 11.6 Å². The first kappa shape index (κ1) is 18.4. The summed E-state index contributed by atoms with van der Waals surface area (Å²) in [6.07, 6.45) is -1.37. The van der Waals surface area contributed by atoms with Crippen LogP contribution in [0.4, 0.5) is 19.1 Å². The summed E-state index contributed by atoms with van der Waals surface area (Å²) in [6.45, 7) is 3.06. The first-order valence-corrected chi connectivity index (χ1v) is 8.25. The van der Waals surface area contributed by atoms with E-state index in [1.54, 1.807) is 23.4 Å². The lowest BCUT2D eigenvalue weighted by Gasteiger charge is -2.34. The molecule has 2 aromatic heterocycles. The van der Waals surface area contributed by atoms with E-state index in [0.29, 0.717) is 32.1 Å². The molecule has 0 bridgehead atoms. The zero-order valence-electron chi connectivity index (χ0n) is 13.9. The topological polar surface area (TPSA) is 67.2 Å². The summed E-state index contributed by atoms with van der Waals surface area (Å²) in [4.78, 5) is 24.3. The van der Waals surface area contributed by atoms with Crippen LogP contribution in [0.2, 0.25) is 5.02 Å². The van der Waals surface area contributed by atoms with Crippen molar-refractivity contribution in [2.24, 2.45) is 0 Å². The van der Waals surface area contributed by atoms with Crippen molar-refractivity contribution in [3.05, 3.63) is 34.9 Å². The van der Waals surface area contributed by atoms with Gasteiger partial charge in [0.25, 0.3) is 0 Å². The molecule has 26 heavy (non-hydrogen) atoms. The van der Waals surface area contributed by atoms with Crippen molar-refractivity contribution >= 4 is 23.5 Å². The number of carbonyl (C=O) groups is 1. The van der Waals surface area contributed by atoms with Crippen LogP contribution < -0.4 is 4.90 Å². The molecule has 140 valence electrons. The number of hydrogen-bond donors (Lipinski definition) is 0. The Hall–Kier alpha value is -2.36. The molecule has 0 aliphatic carbocycles. The highest BCUT2D eigenvalue weighted by Crippen LogP contribution is 2.35. The Bertz CT molecular complexity index is 787. The zero-order chi connectivity index (χ0) is 18.9. The van der Waals surface area contributed by atoms with Gasteiger partial charge in [-0.1, -0.05) is 11.6 Å². The van der Waals surface area contributed by atoms with E-state index >= 15 is 0 Å². The molecule has 2 aromatic rings.